The van der Waals surface area contributed by atoms with E-state index in [1.54, 1.807) is 24.3 Å². The molecule has 2 heterocycles. The number of halogens is 1. The molecule has 134 valence electrons. The fraction of sp³-hybridized carbons (Fsp3) is 0.412. The molecule has 7 nitrogen and oxygen atoms in total. The van der Waals surface area contributed by atoms with Gasteiger partial charge in [0.25, 0.3) is 0 Å². The molecule has 3 rings (SSSR count). The largest absolute Gasteiger partial charge is 0.466 e. The Labute approximate surface area is 150 Å². The first-order chi connectivity index (χ1) is 12.1. The van der Waals surface area contributed by atoms with E-state index < -0.39 is 12.0 Å². The van der Waals surface area contributed by atoms with Gasteiger partial charge in [-0.05, 0) is 17.7 Å². The van der Waals surface area contributed by atoms with E-state index >= 15 is 0 Å². The van der Waals surface area contributed by atoms with E-state index in [4.69, 9.17) is 21.1 Å². The summed E-state index contributed by atoms with van der Waals surface area (Å²) in [6.45, 7) is 3.20. The highest BCUT2D eigenvalue weighted by Crippen LogP contribution is 2.29. The normalized spacial score (nSPS) is 21.5. The van der Waals surface area contributed by atoms with Crippen molar-refractivity contribution in [2.75, 3.05) is 40.0 Å². The highest BCUT2D eigenvalue weighted by atomic mass is 35.5. The van der Waals surface area contributed by atoms with E-state index in [0.29, 0.717) is 36.1 Å². The average Bonchev–Trinajstić information content (AvgIpc) is 2.62. The highest BCUT2D eigenvalue weighted by Gasteiger charge is 2.34. The molecule has 2 N–H and O–H groups in total. The third-order valence-corrected chi connectivity index (χ3v) is 4.50. The summed E-state index contributed by atoms with van der Waals surface area (Å²) in [7, 11) is 1.33. The van der Waals surface area contributed by atoms with E-state index in [2.05, 4.69) is 15.5 Å². The van der Waals surface area contributed by atoms with Crippen molar-refractivity contribution in [1.82, 2.24) is 15.5 Å². The zero-order valence-electron chi connectivity index (χ0n) is 13.9. The maximum atomic E-state index is 12.4. The Hall–Kier alpha value is -2.09. The van der Waals surface area contributed by atoms with Gasteiger partial charge in [0.15, 0.2) is 0 Å². The number of morpholine rings is 1. The molecule has 0 bridgehead atoms. The van der Waals surface area contributed by atoms with Crippen LogP contribution in [0.5, 0.6) is 0 Å². The van der Waals surface area contributed by atoms with Gasteiger partial charge in [-0.2, -0.15) is 0 Å². The van der Waals surface area contributed by atoms with Crippen molar-refractivity contribution in [3.8, 4) is 0 Å². The monoisotopic (exact) mass is 365 g/mol. The van der Waals surface area contributed by atoms with Gasteiger partial charge in [-0.3, -0.25) is 4.90 Å². The third-order valence-electron chi connectivity index (χ3n) is 4.25. The van der Waals surface area contributed by atoms with Crippen LogP contribution in [0.15, 0.2) is 35.5 Å². The number of urea groups is 1. The molecular weight excluding hydrogens is 346 g/mol. The topological polar surface area (TPSA) is 79.9 Å². The lowest BCUT2D eigenvalue weighted by molar-refractivity contribution is -0.136. The van der Waals surface area contributed by atoms with Gasteiger partial charge >= 0.3 is 12.0 Å². The van der Waals surface area contributed by atoms with E-state index in [-0.39, 0.29) is 6.03 Å². The molecule has 0 aromatic heterocycles. The summed E-state index contributed by atoms with van der Waals surface area (Å²) in [5.74, 6) is -0.476. The SMILES string of the molecule is COC(=O)C1=C(CN2CCOCC2)NC(=O)NC1c1ccc(Cl)cc1. The number of nitrogens with zero attached hydrogens (tertiary/aromatic N) is 1. The minimum atomic E-state index is -0.588. The molecular formula is C17H20ClN3O4. The second kappa shape index (κ2) is 7.86. The quantitative estimate of drug-likeness (QED) is 0.789. The number of carbonyl (C=O) groups is 2. The van der Waals surface area contributed by atoms with Gasteiger partial charge in [-0.25, -0.2) is 9.59 Å². The fourth-order valence-corrected chi connectivity index (χ4v) is 3.11. The third kappa shape index (κ3) is 4.12. The smallest absolute Gasteiger partial charge is 0.338 e. The number of ether oxygens (including phenoxy) is 2. The van der Waals surface area contributed by atoms with E-state index in [0.717, 1.165) is 18.7 Å². The van der Waals surface area contributed by atoms with E-state index in [1.807, 2.05) is 0 Å². The summed E-state index contributed by atoms with van der Waals surface area (Å²) in [5, 5.41) is 6.13. The molecule has 2 aliphatic heterocycles. The molecule has 2 aliphatic rings. The molecule has 0 spiro atoms. The van der Waals surface area contributed by atoms with Gasteiger partial charge in [0.2, 0.25) is 0 Å². The van der Waals surface area contributed by atoms with Crippen LogP contribution in [-0.4, -0.2) is 56.9 Å². The van der Waals surface area contributed by atoms with Crippen LogP contribution < -0.4 is 10.6 Å². The van der Waals surface area contributed by atoms with Crippen molar-refractivity contribution in [3.63, 3.8) is 0 Å². The van der Waals surface area contributed by atoms with Crippen molar-refractivity contribution < 1.29 is 19.1 Å². The molecule has 0 radical (unpaired) electrons. The molecule has 1 saturated heterocycles. The van der Waals surface area contributed by atoms with Crippen LogP contribution in [0, 0.1) is 0 Å². The molecule has 1 unspecified atom stereocenters. The van der Waals surface area contributed by atoms with Crippen molar-refractivity contribution >= 4 is 23.6 Å². The maximum absolute atomic E-state index is 12.4. The van der Waals surface area contributed by atoms with Crippen LogP contribution in [-0.2, 0) is 14.3 Å². The standard InChI is InChI=1S/C17H20ClN3O4/c1-24-16(22)14-13(10-21-6-8-25-9-7-21)19-17(23)20-15(14)11-2-4-12(18)5-3-11/h2-5,15H,6-10H2,1H3,(H2,19,20,23). The fourth-order valence-electron chi connectivity index (χ4n) is 2.98. The molecule has 1 aromatic rings. The Morgan fingerprint density at radius 2 is 2.00 bits per heavy atom. The van der Waals surface area contributed by atoms with Crippen LogP contribution in [0.2, 0.25) is 5.02 Å². The van der Waals surface area contributed by atoms with Gasteiger partial charge in [0, 0.05) is 30.4 Å². The maximum Gasteiger partial charge on any atom is 0.338 e. The van der Waals surface area contributed by atoms with Gasteiger partial charge in [0.1, 0.15) is 0 Å². The Balaban J connectivity index is 1.96. The molecule has 25 heavy (non-hydrogen) atoms. The Kier molecular flexibility index (Phi) is 5.57. The molecule has 2 amide bonds. The second-order valence-corrected chi connectivity index (χ2v) is 6.29. The van der Waals surface area contributed by atoms with Gasteiger partial charge in [-0.15, -0.1) is 0 Å². The summed E-state index contributed by atoms with van der Waals surface area (Å²) in [6, 6.07) is 6.08. The Bertz CT molecular complexity index is 684. The Morgan fingerprint density at radius 3 is 2.64 bits per heavy atom. The van der Waals surface area contributed by atoms with Crippen LogP contribution in [0.4, 0.5) is 4.79 Å². The Morgan fingerprint density at radius 1 is 1.32 bits per heavy atom. The molecule has 0 saturated carbocycles. The number of hydrogen-bond acceptors (Lipinski definition) is 5. The minimum Gasteiger partial charge on any atom is -0.466 e. The van der Waals surface area contributed by atoms with Gasteiger partial charge < -0.3 is 20.1 Å². The van der Waals surface area contributed by atoms with E-state index in [9.17, 15) is 9.59 Å². The number of esters is 1. The molecule has 1 atom stereocenters. The van der Waals surface area contributed by atoms with Crippen molar-refractivity contribution in [3.05, 3.63) is 46.1 Å². The zero-order valence-corrected chi connectivity index (χ0v) is 14.6. The first kappa shape index (κ1) is 17.7. The van der Waals surface area contributed by atoms with Crippen LogP contribution >= 0.6 is 11.6 Å². The molecule has 1 aromatic carbocycles. The first-order valence-electron chi connectivity index (χ1n) is 8.03. The van der Waals surface area contributed by atoms with Gasteiger partial charge in [0.05, 0.1) is 31.9 Å². The predicted octanol–water partition coefficient (Wildman–Crippen LogP) is 1.45. The second-order valence-electron chi connectivity index (χ2n) is 5.86. The molecule has 1 fully saturated rings. The highest BCUT2D eigenvalue weighted by molar-refractivity contribution is 6.30. The summed E-state index contributed by atoms with van der Waals surface area (Å²) in [6.07, 6.45) is 0. The number of nitrogens with one attached hydrogen (secondary N) is 2. The number of benzene rings is 1. The van der Waals surface area contributed by atoms with Crippen molar-refractivity contribution in [2.45, 2.75) is 6.04 Å². The number of carbonyl (C=O) groups excluding carboxylic acids is 2. The summed E-state index contributed by atoms with van der Waals surface area (Å²) >= 11 is 5.94. The predicted molar refractivity (Wildman–Crippen MR) is 92.2 cm³/mol. The molecule has 8 heteroatoms. The van der Waals surface area contributed by atoms with Crippen LogP contribution in [0.3, 0.4) is 0 Å². The van der Waals surface area contributed by atoms with E-state index in [1.165, 1.54) is 7.11 Å². The summed E-state index contributed by atoms with van der Waals surface area (Å²) in [4.78, 5) is 26.7. The number of methoxy groups -OCH3 is 1. The van der Waals surface area contributed by atoms with Crippen molar-refractivity contribution in [2.24, 2.45) is 0 Å². The lowest BCUT2D eigenvalue weighted by atomic mass is 9.95. The number of amides is 2. The summed E-state index contributed by atoms with van der Waals surface area (Å²) < 4.78 is 10.3. The number of rotatable bonds is 4. The number of hydrogen-bond donors (Lipinski definition) is 2. The first-order valence-corrected chi connectivity index (χ1v) is 8.40. The lowest BCUT2D eigenvalue weighted by Crippen LogP contribution is -2.49. The zero-order chi connectivity index (χ0) is 17.8. The average molecular weight is 366 g/mol. The van der Waals surface area contributed by atoms with Gasteiger partial charge in [-0.1, -0.05) is 23.7 Å². The minimum absolute atomic E-state index is 0.351. The van der Waals surface area contributed by atoms with Crippen LogP contribution in [0.25, 0.3) is 0 Å². The molecule has 0 aliphatic carbocycles. The van der Waals surface area contributed by atoms with Crippen molar-refractivity contribution in [1.29, 1.82) is 0 Å². The van der Waals surface area contributed by atoms with Crippen LogP contribution in [0.1, 0.15) is 11.6 Å². The lowest BCUT2D eigenvalue weighted by Gasteiger charge is -2.33. The summed E-state index contributed by atoms with van der Waals surface area (Å²) in [5.41, 5.74) is 1.72.